The summed E-state index contributed by atoms with van der Waals surface area (Å²) in [6.07, 6.45) is -3.87. The van der Waals surface area contributed by atoms with Crippen molar-refractivity contribution in [1.29, 1.82) is 0 Å². The standard InChI is InChI=1S/C29H20Cl2F3N5O4/c1-15(2)16-3-5-17(6-4-16)24-13-26(29(32,33)34)38-27(37-24)22(14-35-38)28(40)36-19-10-20(39(41)42)12-21(11-19)43-25-8-7-18(30)9-23(25)31/h3-15H,1-2H3,(H,36,40). The number of hydrogen-bond acceptors (Lipinski definition) is 6. The molecule has 0 atom stereocenters. The predicted molar refractivity (Wildman–Crippen MR) is 155 cm³/mol. The first-order chi connectivity index (χ1) is 20.3. The molecule has 0 spiro atoms. The van der Waals surface area contributed by atoms with Gasteiger partial charge in [-0.3, -0.25) is 14.9 Å². The molecule has 9 nitrogen and oxygen atoms in total. The van der Waals surface area contributed by atoms with Crippen molar-refractivity contribution in [2.24, 2.45) is 0 Å². The van der Waals surface area contributed by atoms with Crippen molar-refractivity contribution in [2.45, 2.75) is 25.9 Å². The number of hydrogen-bond donors (Lipinski definition) is 1. The van der Waals surface area contributed by atoms with Crippen LogP contribution < -0.4 is 10.1 Å². The van der Waals surface area contributed by atoms with E-state index in [4.69, 9.17) is 27.9 Å². The number of non-ortho nitro benzene ring substituents is 1. The molecule has 0 radical (unpaired) electrons. The largest absolute Gasteiger partial charge is 0.455 e. The van der Waals surface area contributed by atoms with Crippen molar-refractivity contribution in [3.8, 4) is 22.8 Å². The quantitative estimate of drug-likeness (QED) is 0.142. The second-order valence-corrected chi connectivity index (χ2v) is 10.5. The van der Waals surface area contributed by atoms with Gasteiger partial charge >= 0.3 is 6.18 Å². The van der Waals surface area contributed by atoms with Crippen LogP contribution in [0.1, 0.15) is 41.4 Å². The molecule has 1 N–H and O–H groups in total. The highest BCUT2D eigenvalue weighted by Crippen LogP contribution is 2.36. The monoisotopic (exact) mass is 629 g/mol. The average Bonchev–Trinajstić information content (AvgIpc) is 3.37. The van der Waals surface area contributed by atoms with Crippen LogP contribution in [0.2, 0.25) is 10.0 Å². The Hall–Kier alpha value is -4.68. The van der Waals surface area contributed by atoms with Crippen LogP contribution >= 0.6 is 23.2 Å². The van der Waals surface area contributed by atoms with E-state index in [-0.39, 0.29) is 45.0 Å². The molecule has 0 unspecified atom stereocenters. The topological polar surface area (TPSA) is 112 Å². The maximum absolute atomic E-state index is 14.1. The van der Waals surface area contributed by atoms with Crippen LogP contribution in [0.25, 0.3) is 16.9 Å². The Morgan fingerprint density at radius 1 is 1.05 bits per heavy atom. The number of nitro groups is 1. The van der Waals surface area contributed by atoms with Gasteiger partial charge in [-0.15, -0.1) is 0 Å². The summed E-state index contributed by atoms with van der Waals surface area (Å²) in [5.41, 5.74) is -0.903. The molecular formula is C29H20Cl2F3N5O4. The number of halogens is 5. The summed E-state index contributed by atoms with van der Waals surface area (Å²) < 4.78 is 48.4. The third-order valence-electron chi connectivity index (χ3n) is 6.36. The van der Waals surface area contributed by atoms with Gasteiger partial charge in [-0.1, -0.05) is 61.3 Å². The fourth-order valence-electron chi connectivity index (χ4n) is 4.21. The summed E-state index contributed by atoms with van der Waals surface area (Å²) in [4.78, 5) is 28.5. The van der Waals surface area contributed by atoms with Crippen LogP contribution in [0.4, 0.5) is 24.5 Å². The summed E-state index contributed by atoms with van der Waals surface area (Å²) >= 11 is 12.0. The molecular weight excluding hydrogens is 610 g/mol. The van der Waals surface area contributed by atoms with Crippen LogP contribution in [-0.2, 0) is 6.18 Å². The number of nitrogens with zero attached hydrogens (tertiary/aromatic N) is 4. The van der Waals surface area contributed by atoms with Gasteiger partial charge < -0.3 is 10.1 Å². The van der Waals surface area contributed by atoms with E-state index in [0.29, 0.717) is 15.1 Å². The zero-order valence-corrected chi connectivity index (χ0v) is 23.8. The van der Waals surface area contributed by atoms with E-state index < -0.39 is 28.4 Å². The molecule has 3 aromatic carbocycles. The van der Waals surface area contributed by atoms with E-state index in [0.717, 1.165) is 30.0 Å². The minimum Gasteiger partial charge on any atom is -0.455 e. The Morgan fingerprint density at radius 2 is 1.77 bits per heavy atom. The van der Waals surface area contributed by atoms with Crippen LogP contribution in [0.3, 0.4) is 0 Å². The predicted octanol–water partition coefficient (Wildman–Crippen LogP) is 8.80. The molecule has 43 heavy (non-hydrogen) atoms. The number of alkyl halides is 3. The molecule has 5 aromatic rings. The smallest absolute Gasteiger partial charge is 0.433 e. The summed E-state index contributed by atoms with van der Waals surface area (Å²) in [5, 5.41) is 18.3. The van der Waals surface area contributed by atoms with Crippen molar-refractivity contribution in [2.75, 3.05) is 5.32 Å². The molecule has 0 bridgehead atoms. The maximum Gasteiger partial charge on any atom is 0.433 e. The van der Waals surface area contributed by atoms with E-state index in [1.165, 1.54) is 24.3 Å². The SMILES string of the molecule is CC(C)c1ccc(-c2cc(C(F)(F)F)n3ncc(C(=O)Nc4cc(Oc5ccc(Cl)cc5Cl)cc([N+](=O)[O-])c4)c3n2)cc1. The van der Waals surface area contributed by atoms with Crippen molar-refractivity contribution < 1.29 is 27.6 Å². The molecule has 0 saturated heterocycles. The first-order valence-corrected chi connectivity index (χ1v) is 13.4. The Bertz CT molecular complexity index is 1880. The normalized spacial score (nSPS) is 11.6. The molecule has 0 aliphatic heterocycles. The highest BCUT2D eigenvalue weighted by atomic mass is 35.5. The van der Waals surface area contributed by atoms with Gasteiger partial charge in [0.2, 0.25) is 0 Å². The maximum atomic E-state index is 14.1. The number of anilines is 1. The number of ether oxygens (including phenoxy) is 1. The Kier molecular flexibility index (Phi) is 8.00. The van der Waals surface area contributed by atoms with E-state index in [1.807, 2.05) is 13.8 Å². The summed E-state index contributed by atoms with van der Waals surface area (Å²) in [5.74, 6) is -0.593. The summed E-state index contributed by atoms with van der Waals surface area (Å²) in [6, 6.07) is 15.6. The van der Waals surface area contributed by atoms with Gasteiger partial charge in [-0.2, -0.15) is 18.3 Å². The number of carbonyl (C=O) groups excluding carboxylic acids is 1. The molecule has 0 fully saturated rings. The van der Waals surface area contributed by atoms with E-state index >= 15 is 0 Å². The first kappa shape index (κ1) is 29.8. The zero-order chi connectivity index (χ0) is 31.1. The van der Waals surface area contributed by atoms with Crippen LogP contribution in [-0.4, -0.2) is 25.4 Å². The molecule has 14 heteroatoms. The fourth-order valence-corrected chi connectivity index (χ4v) is 4.66. The molecule has 5 rings (SSSR count). The lowest BCUT2D eigenvalue weighted by molar-refractivity contribution is -0.384. The minimum atomic E-state index is -4.82. The number of fused-ring (bicyclic) bond motifs is 1. The van der Waals surface area contributed by atoms with Gasteiger partial charge in [0.1, 0.15) is 17.1 Å². The second kappa shape index (κ2) is 11.5. The number of amides is 1. The van der Waals surface area contributed by atoms with Gasteiger partial charge in [0.05, 0.1) is 33.6 Å². The molecule has 0 aliphatic carbocycles. The van der Waals surface area contributed by atoms with E-state index in [2.05, 4.69) is 15.4 Å². The van der Waals surface area contributed by atoms with Crippen LogP contribution in [0, 0.1) is 10.1 Å². The number of nitrogens with one attached hydrogen (secondary N) is 1. The highest BCUT2D eigenvalue weighted by Gasteiger charge is 2.36. The van der Waals surface area contributed by atoms with Gasteiger partial charge in [0.25, 0.3) is 11.6 Å². The highest BCUT2D eigenvalue weighted by molar-refractivity contribution is 6.35. The van der Waals surface area contributed by atoms with Crippen molar-refractivity contribution in [3.63, 3.8) is 0 Å². The van der Waals surface area contributed by atoms with Gasteiger partial charge in [-0.05, 0) is 35.7 Å². The Morgan fingerprint density at radius 3 is 2.40 bits per heavy atom. The molecule has 2 heterocycles. The number of benzene rings is 3. The third-order valence-corrected chi connectivity index (χ3v) is 6.89. The summed E-state index contributed by atoms with van der Waals surface area (Å²) in [7, 11) is 0. The minimum absolute atomic E-state index is 0.0180. The zero-order valence-electron chi connectivity index (χ0n) is 22.3. The van der Waals surface area contributed by atoms with Gasteiger partial charge in [0, 0.05) is 22.7 Å². The summed E-state index contributed by atoms with van der Waals surface area (Å²) in [6.45, 7) is 3.98. The molecule has 0 aliphatic rings. The van der Waals surface area contributed by atoms with Gasteiger partial charge in [0.15, 0.2) is 11.3 Å². The number of aromatic nitrogens is 3. The average molecular weight is 630 g/mol. The van der Waals surface area contributed by atoms with Crippen molar-refractivity contribution in [1.82, 2.24) is 14.6 Å². The number of carbonyl (C=O) groups is 1. The molecule has 1 amide bonds. The lowest BCUT2D eigenvalue weighted by Gasteiger charge is -2.13. The van der Waals surface area contributed by atoms with E-state index in [9.17, 15) is 28.1 Å². The van der Waals surface area contributed by atoms with Crippen molar-refractivity contribution in [3.05, 3.63) is 110 Å². The molecule has 0 saturated carbocycles. The first-order valence-electron chi connectivity index (χ1n) is 12.6. The second-order valence-electron chi connectivity index (χ2n) is 9.70. The van der Waals surface area contributed by atoms with Crippen LogP contribution in [0.5, 0.6) is 11.5 Å². The molecule has 220 valence electrons. The van der Waals surface area contributed by atoms with Crippen molar-refractivity contribution >= 4 is 46.1 Å². The number of rotatable bonds is 7. The number of nitro benzene ring substituents is 1. The fraction of sp³-hybridized carbons (Fsp3) is 0.138. The third kappa shape index (κ3) is 6.40. The van der Waals surface area contributed by atoms with Crippen LogP contribution in [0.15, 0.2) is 72.9 Å². The molecule has 2 aromatic heterocycles. The van der Waals surface area contributed by atoms with E-state index in [1.54, 1.807) is 24.3 Å². The van der Waals surface area contributed by atoms with Gasteiger partial charge in [-0.25, -0.2) is 9.50 Å². The lowest BCUT2D eigenvalue weighted by atomic mass is 10.0. The Balaban J connectivity index is 1.53. The Labute approximate surface area is 252 Å². The lowest BCUT2D eigenvalue weighted by Crippen LogP contribution is -2.16.